The smallest absolute Gasteiger partial charge is 0.285 e. The summed E-state index contributed by atoms with van der Waals surface area (Å²) in [7, 11) is 0. The zero-order valence-corrected chi connectivity index (χ0v) is 14.8. The molecule has 4 aromatic rings. The predicted octanol–water partition coefficient (Wildman–Crippen LogP) is 3.82. The third kappa shape index (κ3) is 3.13. The molecule has 0 saturated heterocycles. The van der Waals surface area contributed by atoms with Gasteiger partial charge < -0.3 is 0 Å². The van der Waals surface area contributed by atoms with Crippen LogP contribution in [0.1, 0.15) is 11.3 Å². The van der Waals surface area contributed by atoms with Crippen molar-refractivity contribution in [2.45, 2.75) is 17.8 Å². The monoisotopic (exact) mass is 366 g/mol. The number of fused-ring (bicyclic) bond motifs is 1. The molecule has 2 heterocycles. The quantitative estimate of drug-likeness (QED) is 0.558. The molecule has 130 valence electrons. The SMILES string of the molecule is Cc1nn2c(=O)[nH]c(SCc3ccccc3)nc2c1-c1ccc(F)cc1. The second-order valence-electron chi connectivity index (χ2n) is 5.82. The van der Waals surface area contributed by atoms with Gasteiger partial charge in [-0.2, -0.15) is 9.61 Å². The summed E-state index contributed by atoms with van der Waals surface area (Å²) in [6.07, 6.45) is 0. The van der Waals surface area contributed by atoms with E-state index in [-0.39, 0.29) is 11.5 Å². The van der Waals surface area contributed by atoms with E-state index in [0.717, 1.165) is 16.7 Å². The molecule has 0 amide bonds. The number of H-pyrrole nitrogens is 1. The van der Waals surface area contributed by atoms with Crippen molar-refractivity contribution in [3.05, 3.63) is 82.2 Å². The van der Waals surface area contributed by atoms with Crippen molar-refractivity contribution in [1.29, 1.82) is 0 Å². The van der Waals surface area contributed by atoms with Crippen LogP contribution in [0, 0.1) is 12.7 Å². The minimum absolute atomic E-state index is 0.312. The van der Waals surface area contributed by atoms with Crippen LogP contribution >= 0.6 is 11.8 Å². The highest BCUT2D eigenvalue weighted by molar-refractivity contribution is 7.98. The van der Waals surface area contributed by atoms with Crippen LogP contribution in [0.4, 0.5) is 4.39 Å². The van der Waals surface area contributed by atoms with Gasteiger partial charge in [-0.05, 0) is 30.2 Å². The fourth-order valence-corrected chi connectivity index (χ4v) is 3.58. The molecule has 0 fully saturated rings. The van der Waals surface area contributed by atoms with E-state index in [1.807, 2.05) is 37.3 Å². The lowest BCUT2D eigenvalue weighted by atomic mass is 10.1. The van der Waals surface area contributed by atoms with Crippen LogP contribution in [-0.2, 0) is 5.75 Å². The third-order valence-corrected chi connectivity index (χ3v) is 4.95. The van der Waals surface area contributed by atoms with Gasteiger partial charge in [0, 0.05) is 11.3 Å². The topological polar surface area (TPSA) is 63.1 Å². The van der Waals surface area contributed by atoms with Gasteiger partial charge in [0.1, 0.15) is 5.82 Å². The van der Waals surface area contributed by atoms with E-state index in [1.54, 1.807) is 12.1 Å². The maximum Gasteiger partial charge on any atom is 0.350 e. The predicted molar refractivity (Wildman–Crippen MR) is 99.7 cm³/mol. The molecule has 1 N–H and O–H groups in total. The summed E-state index contributed by atoms with van der Waals surface area (Å²) in [5.41, 5.74) is 3.44. The summed E-state index contributed by atoms with van der Waals surface area (Å²) >= 11 is 1.45. The number of aromatic nitrogens is 4. The van der Waals surface area contributed by atoms with Crippen LogP contribution in [0.25, 0.3) is 16.8 Å². The molecule has 0 radical (unpaired) electrons. The van der Waals surface area contributed by atoms with Crippen LogP contribution in [0.2, 0.25) is 0 Å². The molecule has 0 spiro atoms. The first-order valence-electron chi connectivity index (χ1n) is 8.04. The van der Waals surface area contributed by atoms with Crippen molar-refractivity contribution in [3.63, 3.8) is 0 Å². The molecule has 0 atom stereocenters. The van der Waals surface area contributed by atoms with Gasteiger partial charge in [-0.3, -0.25) is 4.98 Å². The molecule has 4 rings (SSSR count). The largest absolute Gasteiger partial charge is 0.350 e. The van der Waals surface area contributed by atoms with Crippen LogP contribution in [0.3, 0.4) is 0 Å². The molecule has 0 saturated carbocycles. The Morgan fingerprint density at radius 2 is 1.85 bits per heavy atom. The Hall–Kier alpha value is -2.93. The van der Waals surface area contributed by atoms with Crippen molar-refractivity contribution < 1.29 is 4.39 Å². The van der Waals surface area contributed by atoms with Crippen LogP contribution in [0.5, 0.6) is 0 Å². The maximum atomic E-state index is 13.2. The van der Waals surface area contributed by atoms with Crippen molar-refractivity contribution in [1.82, 2.24) is 19.6 Å². The van der Waals surface area contributed by atoms with Crippen LogP contribution < -0.4 is 5.69 Å². The standard InChI is InChI=1S/C19H15FN4OS/c1-12-16(14-7-9-15(20)10-8-14)17-21-18(22-19(25)24(17)23-12)26-11-13-5-3-2-4-6-13/h2-10H,11H2,1H3,(H,21,22,25). The molecule has 2 aromatic heterocycles. The number of rotatable bonds is 4. The van der Waals surface area contributed by atoms with Crippen molar-refractivity contribution >= 4 is 17.4 Å². The average Bonchev–Trinajstić information content (AvgIpc) is 2.98. The fourth-order valence-electron chi connectivity index (χ4n) is 2.78. The lowest BCUT2D eigenvalue weighted by Crippen LogP contribution is -2.19. The minimum Gasteiger partial charge on any atom is -0.285 e. The molecule has 7 heteroatoms. The number of aromatic amines is 1. The summed E-state index contributed by atoms with van der Waals surface area (Å²) in [6, 6.07) is 16.1. The van der Waals surface area contributed by atoms with Crippen LogP contribution in [-0.4, -0.2) is 19.6 Å². The first kappa shape index (κ1) is 16.5. The molecule has 0 aliphatic carbocycles. The Bertz CT molecular complexity index is 1120. The van der Waals surface area contributed by atoms with Gasteiger partial charge in [0.25, 0.3) is 0 Å². The van der Waals surface area contributed by atoms with E-state index in [4.69, 9.17) is 0 Å². The molecule has 0 aliphatic heterocycles. The summed E-state index contributed by atoms with van der Waals surface area (Å²) < 4.78 is 14.5. The highest BCUT2D eigenvalue weighted by Crippen LogP contribution is 2.28. The molecule has 2 aromatic carbocycles. The number of thioether (sulfide) groups is 1. The molecule has 26 heavy (non-hydrogen) atoms. The Balaban J connectivity index is 1.76. The number of nitrogens with one attached hydrogen (secondary N) is 1. The first-order valence-corrected chi connectivity index (χ1v) is 9.03. The van der Waals surface area contributed by atoms with Gasteiger partial charge in [-0.15, -0.1) is 0 Å². The molecular formula is C19H15FN4OS. The summed E-state index contributed by atoms with van der Waals surface area (Å²) in [6.45, 7) is 1.81. The molecule has 5 nitrogen and oxygen atoms in total. The normalized spacial score (nSPS) is 11.2. The van der Waals surface area contributed by atoms with Gasteiger partial charge >= 0.3 is 5.69 Å². The minimum atomic E-state index is -0.345. The van der Waals surface area contributed by atoms with Crippen molar-refractivity contribution in [2.24, 2.45) is 0 Å². The van der Waals surface area contributed by atoms with Gasteiger partial charge in [0.15, 0.2) is 10.8 Å². The average molecular weight is 366 g/mol. The summed E-state index contributed by atoms with van der Waals surface area (Å²) in [5.74, 6) is 0.381. The summed E-state index contributed by atoms with van der Waals surface area (Å²) in [4.78, 5) is 19.7. The Morgan fingerprint density at radius 3 is 2.58 bits per heavy atom. The van der Waals surface area contributed by atoms with E-state index in [0.29, 0.717) is 22.3 Å². The van der Waals surface area contributed by atoms with E-state index < -0.39 is 0 Å². The number of aryl methyl sites for hydroxylation is 1. The highest BCUT2D eigenvalue weighted by atomic mass is 32.2. The van der Waals surface area contributed by atoms with Crippen molar-refractivity contribution in [2.75, 3.05) is 0 Å². The lowest BCUT2D eigenvalue weighted by molar-refractivity contribution is 0.628. The number of hydrogen-bond acceptors (Lipinski definition) is 4. The van der Waals surface area contributed by atoms with Gasteiger partial charge in [0.2, 0.25) is 0 Å². The zero-order chi connectivity index (χ0) is 18.1. The van der Waals surface area contributed by atoms with Gasteiger partial charge in [-0.25, -0.2) is 14.2 Å². The number of nitrogens with zero attached hydrogens (tertiary/aromatic N) is 3. The fraction of sp³-hybridized carbons (Fsp3) is 0.105. The van der Waals surface area contributed by atoms with Crippen molar-refractivity contribution in [3.8, 4) is 11.1 Å². The Labute approximate surface area is 152 Å². The number of halogens is 1. The van der Waals surface area contributed by atoms with E-state index in [1.165, 1.54) is 28.4 Å². The second kappa shape index (κ2) is 6.76. The molecular weight excluding hydrogens is 351 g/mol. The first-order chi connectivity index (χ1) is 12.6. The highest BCUT2D eigenvalue weighted by Gasteiger charge is 2.16. The number of benzene rings is 2. The number of hydrogen-bond donors (Lipinski definition) is 1. The molecule has 0 aliphatic rings. The Kier molecular flexibility index (Phi) is 4.30. The van der Waals surface area contributed by atoms with Gasteiger partial charge in [-0.1, -0.05) is 54.2 Å². The third-order valence-electron chi connectivity index (χ3n) is 4.00. The van der Waals surface area contributed by atoms with E-state index in [9.17, 15) is 9.18 Å². The van der Waals surface area contributed by atoms with E-state index in [2.05, 4.69) is 15.1 Å². The zero-order valence-electron chi connectivity index (χ0n) is 13.9. The summed E-state index contributed by atoms with van der Waals surface area (Å²) in [5, 5.41) is 4.80. The maximum absolute atomic E-state index is 13.2. The van der Waals surface area contributed by atoms with Gasteiger partial charge in [0.05, 0.1) is 5.69 Å². The lowest BCUT2D eigenvalue weighted by Gasteiger charge is -2.04. The van der Waals surface area contributed by atoms with E-state index >= 15 is 0 Å². The molecule has 0 bridgehead atoms. The Morgan fingerprint density at radius 1 is 1.12 bits per heavy atom. The molecule has 0 unspecified atom stereocenters. The van der Waals surface area contributed by atoms with Crippen LogP contribution in [0.15, 0.2) is 64.5 Å². The second-order valence-corrected chi connectivity index (χ2v) is 6.79.